The maximum absolute atomic E-state index is 10.6. The lowest BCUT2D eigenvalue weighted by Crippen LogP contribution is -2.47. The summed E-state index contributed by atoms with van der Waals surface area (Å²) in [6, 6.07) is 18.9. The van der Waals surface area contributed by atoms with Crippen molar-refractivity contribution in [1.29, 1.82) is 0 Å². The van der Waals surface area contributed by atoms with Gasteiger partial charge >= 0.3 is 0 Å². The van der Waals surface area contributed by atoms with Crippen molar-refractivity contribution in [1.82, 2.24) is 4.98 Å². The zero-order valence-electron chi connectivity index (χ0n) is 19.2. The molecule has 0 saturated carbocycles. The molecule has 2 aliphatic rings. The number of nitrogens with two attached hydrogens (primary N) is 1. The fraction of sp³-hybridized carbons (Fsp3) is 0.308. The van der Waals surface area contributed by atoms with Crippen LogP contribution in [0.25, 0.3) is 11.1 Å². The first kappa shape index (κ1) is 23.6. The molecule has 3 aromatic rings. The van der Waals surface area contributed by atoms with Crippen LogP contribution >= 0.6 is 23.5 Å². The van der Waals surface area contributed by atoms with E-state index in [-0.39, 0.29) is 5.92 Å². The highest BCUT2D eigenvalue weighted by Crippen LogP contribution is 2.32. The monoisotopic (exact) mass is 480 g/mol. The zero-order chi connectivity index (χ0) is 23.5. The van der Waals surface area contributed by atoms with Gasteiger partial charge < -0.3 is 14.6 Å². The summed E-state index contributed by atoms with van der Waals surface area (Å²) in [5.41, 5.74) is 5.84. The SMILES string of the molecule is Cc1cc2c(nc1SN)N(C)C(C)C2.O=CC1CN(c2ccc(-c3ccccc3Cl)cc2)C1. The fourth-order valence-electron chi connectivity index (χ4n) is 4.24. The number of hydrogen-bond acceptors (Lipinski definition) is 6. The Morgan fingerprint density at radius 2 is 1.85 bits per heavy atom. The predicted molar refractivity (Wildman–Crippen MR) is 139 cm³/mol. The lowest BCUT2D eigenvalue weighted by atomic mass is 10.00. The number of carbonyl (C=O) groups excluding carboxylic acids is 1. The zero-order valence-corrected chi connectivity index (χ0v) is 20.7. The smallest absolute Gasteiger partial charge is 0.133 e. The summed E-state index contributed by atoms with van der Waals surface area (Å²) >= 11 is 7.42. The summed E-state index contributed by atoms with van der Waals surface area (Å²) in [7, 11) is 2.09. The van der Waals surface area contributed by atoms with Gasteiger partial charge in [-0.1, -0.05) is 41.9 Å². The lowest BCUT2D eigenvalue weighted by molar-refractivity contribution is -0.111. The molecule has 1 atom stereocenters. The number of halogens is 1. The molecule has 0 radical (unpaired) electrons. The number of hydrogen-bond donors (Lipinski definition) is 1. The van der Waals surface area contributed by atoms with Crippen molar-refractivity contribution in [3.05, 3.63) is 70.7 Å². The molecule has 172 valence electrons. The minimum absolute atomic E-state index is 0.197. The number of carbonyl (C=O) groups is 1. The van der Waals surface area contributed by atoms with Gasteiger partial charge in [0, 0.05) is 48.4 Å². The molecular formula is C26H29ClN4OS. The summed E-state index contributed by atoms with van der Waals surface area (Å²) in [5, 5.41) is 7.26. The summed E-state index contributed by atoms with van der Waals surface area (Å²) in [6.45, 7) is 5.93. The van der Waals surface area contributed by atoms with Crippen LogP contribution in [0, 0.1) is 12.8 Å². The molecule has 0 spiro atoms. The maximum Gasteiger partial charge on any atom is 0.133 e. The Balaban J connectivity index is 0.000000165. The topological polar surface area (TPSA) is 62.5 Å². The highest BCUT2D eigenvalue weighted by atomic mass is 35.5. The number of aromatic nitrogens is 1. The van der Waals surface area contributed by atoms with Crippen LogP contribution in [0.1, 0.15) is 18.1 Å². The highest BCUT2D eigenvalue weighted by molar-refractivity contribution is 7.97. The third kappa shape index (κ3) is 5.03. The predicted octanol–water partition coefficient (Wildman–Crippen LogP) is 5.38. The second-order valence-electron chi connectivity index (χ2n) is 8.70. The normalized spacial score (nSPS) is 17.2. The van der Waals surface area contributed by atoms with E-state index in [1.807, 2.05) is 24.3 Å². The molecule has 33 heavy (non-hydrogen) atoms. The quantitative estimate of drug-likeness (QED) is 0.399. The molecule has 7 heteroatoms. The van der Waals surface area contributed by atoms with Crippen molar-refractivity contribution >= 4 is 41.3 Å². The van der Waals surface area contributed by atoms with Gasteiger partial charge in [0.2, 0.25) is 0 Å². The van der Waals surface area contributed by atoms with Crippen molar-refractivity contribution in [2.24, 2.45) is 11.1 Å². The Bertz CT molecular complexity index is 1130. The Kier molecular flexibility index (Phi) is 7.27. The van der Waals surface area contributed by atoms with Crippen LogP contribution in [-0.2, 0) is 11.2 Å². The average Bonchev–Trinajstić information content (AvgIpc) is 3.06. The van der Waals surface area contributed by atoms with E-state index < -0.39 is 0 Å². The molecule has 0 bridgehead atoms. The Morgan fingerprint density at radius 1 is 1.15 bits per heavy atom. The van der Waals surface area contributed by atoms with Gasteiger partial charge in [-0.3, -0.25) is 5.14 Å². The van der Waals surface area contributed by atoms with Gasteiger partial charge in [-0.05, 0) is 73.2 Å². The van der Waals surface area contributed by atoms with Crippen LogP contribution in [0.3, 0.4) is 0 Å². The van der Waals surface area contributed by atoms with Gasteiger partial charge in [0.05, 0.1) is 0 Å². The van der Waals surface area contributed by atoms with Crippen LogP contribution < -0.4 is 14.9 Å². The molecule has 0 aliphatic carbocycles. The van der Waals surface area contributed by atoms with E-state index in [1.54, 1.807) is 0 Å². The van der Waals surface area contributed by atoms with Crippen LogP contribution in [0.2, 0.25) is 5.02 Å². The molecule has 0 amide bonds. The van der Waals surface area contributed by atoms with E-state index in [0.29, 0.717) is 6.04 Å². The molecule has 1 unspecified atom stereocenters. The second-order valence-corrected chi connectivity index (χ2v) is 9.73. The van der Waals surface area contributed by atoms with Crippen LogP contribution in [0.5, 0.6) is 0 Å². The van der Waals surface area contributed by atoms with E-state index in [0.717, 1.165) is 58.5 Å². The summed E-state index contributed by atoms with van der Waals surface area (Å²) in [6.07, 6.45) is 2.13. The molecule has 1 aromatic heterocycles. The standard InChI is InChI=1S/C16H14ClNO.C10H15N3S/c17-16-4-2-1-3-15(16)13-5-7-14(8-6-13)18-9-12(10-18)11-19;1-6-4-8-5-7(2)13(3)9(8)12-10(6)14-11/h1-8,11-12H,9-10H2;4,7H,5,11H2,1-3H3. The molecule has 2 aromatic carbocycles. The summed E-state index contributed by atoms with van der Waals surface area (Å²) < 4.78 is 0. The number of aryl methyl sites for hydroxylation is 1. The third-order valence-corrected chi connectivity index (χ3v) is 7.33. The minimum atomic E-state index is 0.197. The van der Waals surface area contributed by atoms with Crippen molar-refractivity contribution in [2.75, 3.05) is 29.9 Å². The van der Waals surface area contributed by atoms with Gasteiger partial charge in [0.1, 0.15) is 17.1 Å². The second kappa shape index (κ2) is 10.2. The number of benzene rings is 2. The summed E-state index contributed by atoms with van der Waals surface area (Å²) in [4.78, 5) is 19.6. The molecular weight excluding hydrogens is 452 g/mol. The average molecular weight is 481 g/mol. The summed E-state index contributed by atoms with van der Waals surface area (Å²) in [5.74, 6) is 1.29. The number of nitrogens with zero attached hydrogens (tertiary/aromatic N) is 3. The van der Waals surface area contributed by atoms with Crippen molar-refractivity contribution in [2.45, 2.75) is 31.3 Å². The van der Waals surface area contributed by atoms with Crippen molar-refractivity contribution < 1.29 is 4.79 Å². The fourth-order valence-corrected chi connectivity index (χ4v) is 4.87. The maximum atomic E-state index is 10.6. The molecule has 2 N–H and O–H groups in total. The number of fused-ring (bicyclic) bond motifs is 1. The lowest BCUT2D eigenvalue weighted by Gasteiger charge is -2.38. The van der Waals surface area contributed by atoms with E-state index in [2.05, 4.69) is 66.0 Å². The first-order valence-corrected chi connectivity index (χ1v) is 12.3. The number of rotatable bonds is 4. The minimum Gasteiger partial charge on any atom is -0.370 e. The van der Waals surface area contributed by atoms with E-state index in [9.17, 15) is 4.79 Å². The van der Waals surface area contributed by atoms with Gasteiger partial charge in [0.25, 0.3) is 0 Å². The Labute approximate surface area is 205 Å². The molecule has 5 rings (SSSR count). The van der Waals surface area contributed by atoms with Crippen LogP contribution in [-0.4, -0.2) is 37.4 Å². The first-order chi connectivity index (χ1) is 15.9. The van der Waals surface area contributed by atoms with Gasteiger partial charge in [-0.25, -0.2) is 4.98 Å². The molecule has 1 fully saturated rings. The first-order valence-electron chi connectivity index (χ1n) is 11.1. The van der Waals surface area contributed by atoms with Crippen molar-refractivity contribution in [3.8, 4) is 11.1 Å². The van der Waals surface area contributed by atoms with Crippen LogP contribution in [0.4, 0.5) is 11.5 Å². The molecule has 5 nitrogen and oxygen atoms in total. The number of anilines is 2. The number of likely N-dealkylation sites (N-methyl/N-ethyl adjacent to an activating group) is 1. The van der Waals surface area contributed by atoms with Gasteiger partial charge in [-0.2, -0.15) is 0 Å². The highest BCUT2D eigenvalue weighted by Gasteiger charge is 2.26. The van der Waals surface area contributed by atoms with E-state index in [1.165, 1.54) is 23.1 Å². The van der Waals surface area contributed by atoms with Crippen molar-refractivity contribution in [3.63, 3.8) is 0 Å². The number of pyridine rings is 1. The molecule has 1 saturated heterocycles. The van der Waals surface area contributed by atoms with E-state index in [4.69, 9.17) is 16.7 Å². The largest absolute Gasteiger partial charge is 0.370 e. The van der Waals surface area contributed by atoms with Crippen LogP contribution in [0.15, 0.2) is 59.6 Å². The molecule has 3 heterocycles. The Hall–Kier alpha value is -2.54. The van der Waals surface area contributed by atoms with E-state index >= 15 is 0 Å². The third-order valence-electron chi connectivity index (χ3n) is 6.36. The van der Waals surface area contributed by atoms with Gasteiger partial charge in [0.15, 0.2) is 0 Å². The Morgan fingerprint density at radius 3 is 2.48 bits per heavy atom. The molecule has 2 aliphatic heterocycles. The number of aldehydes is 1. The van der Waals surface area contributed by atoms with Gasteiger partial charge in [-0.15, -0.1) is 0 Å².